The van der Waals surface area contributed by atoms with Crippen LogP contribution in [0.1, 0.15) is 23.0 Å². The second kappa shape index (κ2) is 7.39. The van der Waals surface area contributed by atoms with Gasteiger partial charge >= 0.3 is 0 Å². The molecule has 6 rings (SSSR count). The van der Waals surface area contributed by atoms with Crippen molar-refractivity contribution in [2.45, 2.75) is 16.6 Å². The number of rotatable bonds is 3. The number of furan rings is 1. The van der Waals surface area contributed by atoms with E-state index in [1.807, 2.05) is 30.3 Å². The summed E-state index contributed by atoms with van der Waals surface area (Å²) in [7, 11) is 0. The van der Waals surface area contributed by atoms with Crippen LogP contribution in [0.2, 0.25) is 0 Å². The van der Waals surface area contributed by atoms with Crippen molar-refractivity contribution in [1.82, 2.24) is 4.98 Å². The van der Waals surface area contributed by atoms with Crippen molar-refractivity contribution in [3.05, 3.63) is 100 Å². The quantitative estimate of drug-likeness (QED) is 0.238. The van der Waals surface area contributed by atoms with Gasteiger partial charge in [-0.2, -0.15) is 0 Å². The Hall–Kier alpha value is -3.84. The number of aromatic nitrogens is 1. The van der Waals surface area contributed by atoms with Crippen LogP contribution in [-0.4, -0.2) is 15.6 Å². The molecule has 3 heterocycles. The van der Waals surface area contributed by atoms with E-state index < -0.39 is 4.92 Å². The van der Waals surface area contributed by atoms with Crippen LogP contribution >= 0.6 is 11.8 Å². The first kappa shape index (κ1) is 18.9. The molecule has 1 aliphatic rings. The van der Waals surface area contributed by atoms with Crippen molar-refractivity contribution in [2.24, 2.45) is 4.99 Å². The van der Waals surface area contributed by atoms with E-state index in [2.05, 4.69) is 35.4 Å². The molecule has 7 heteroatoms. The van der Waals surface area contributed by atoms with E-state index in [4.69, 9.17) is 9.41 Å². The zero-order valence-electron chi connectivity index (χ0n) is 16.8. The molecule has 0 saturated carbocycles. The molecule has 1 N–H and O–H groups in total. The monoisotopic (exact) mass is 439 g/mol. The maximum Gasteiger partial charge on any atom is 0.270 e. The lowest BCUT2D eigenvalue weighted by Gasteiger charge is -2.14. The van der Waals surface area contributed by atoms with Crippen LogP contribution in [0.4, 0.5) is 11.4 Å². The molecule has 0 amide bonds. The van der Waals surface area contributed by atoms with Crippen LogP contribution in [0.3, 0.4) is 0 Å². The predicted octanol–water partition coefficient (Wildman–Crippen LogP) is 7.18. The van der Waals surface area contributed by atoms with E-state index in [0.29, 0.717) is 23.2 Å². The molecule has 1 unspecified atom stereocenters. The molecule has 0 bridgehead atoms. The van der Waals surface area contributed by atoms with E-state index >= 15 is 0 Å². The molecule has 0 aliphatic carbocycles. The first-order valence-electron chi connectivity index (χ1n) is 10.2. The third-order valence-electron chi connectivity index (χ3n) is 5.73. The molecule has 32 heavy (non-hydrogen) atoms. The Morgan fingerprint density at radius 1 is 1.06 bits per heavy atom. The van der Waals surface area contributed by atoms with Gasteiger partial charge in [0, 0.05) is 51.2 Å². The molecule has 0 saturated heterocycles. The van der Waals surface area contributed by atoms with E-state index in [-0.39, 0.29) is 10.9 Å². The number of nitrogens with one attached hydrogen (secondary N) is 1. The number of para-hydroxylation sites is 2. The molecule has 1 aliphatic heterocycles. The summed E-state index contributed by atoms with van der Waals surface area (Å²) in [6.07, 6.45) is 2.75. The summed E-state index contributed by atoms with van der Waals surface area (Å²) >= 11 is 1.80. The standard InChI is InChI=1S/C25H17N3O3S/c29-28(30)16-9-10-22-15(11-16)12-23(31-22)21-13-25(32-24-8-4-3-7-20(24)27-21)18-14-26-19-6-2-1-5-17(18)19/h1-12,14,25-26H,13H2. The highest BCUT2D eigenvalue weighted by Crippen LogP contribution is 2.47. The molecular weight excluding hydrogens is 422 g/mol. The molecule has 156 valence electrons. The number of thioether (sulfide) groups is 1. The lowest BCUT2D eigenvalue weighted by atomic mass is 10.0. The zero-order chi connectivity index (χ0) is 21.7. The van der Waals surface area contributed by atoms with Gasteiger partial charge in [-0.25, -0.2) is 4.99 Å². The van der Waals surface area contributed by atoms with Gasteiger partial charge in [-0.05, 0) is 35.9 Å². The SMILES string of the molecule is O=[N+]([O-])c1ccc2oc(C3=Nc4ccccc4SC(c4c[nH]c5ccccc45)C3)cc2c1. The molecule has 0 spiro atoms. The van der Waals surface area contributed by atoms with Gasteiger partial charge in [0.15, 0.2) is 0 Å². The van der Waals surface area contributed by atoms with Gasteiger partial charge in [-0.3, -0.25) is 10.1 Å². The number of nitro groups is 1. The Bertz CT molecular complexity index is 1530. The van der Waals surface area contributed by atoms with Crippen molar-refractivity contribution < 1.29 is 9.34 Å². The number of nitro benzene ring substituents is 1. The van der Waals surface area contributed by atoms with E-state index in [1.54, 1.807) is 23.9 Å². The number of aromatic amines is 1. The summed E-state index contributed by atoms with van der Waals surface area (Å²) in [5.74, 6) is 0.641. The lowest BCUT2D eigenvalue weighted by molar-refractivity contribution is -0.384. The predicted molar refractivity (Wildman–Crippen MR) is 127 cm³/mol. The second-order valence-electron chi connectivity index (χ2n) is 7.72. The first-order valence-corrected chi connectivity index (χ1v) is 11.1. The molecular formula is C25H17N3O3S. The maximum atomic E-state index is 11.2. The number of benzene rings is 3. The van der Waals surface area contributed by atoms with E-state index in [0.717, 1.165) is 21.8 Å². The van der Waals surface area contributed by atoms with Crippen LogP contribution in [-0.2, 0) is 0 Å². The normalized spacial score (nSPS) is 16.0. The minimum absolute atomic E-state index is 0.0465. The fraction of sp³-hybridized carbons (Fsp3) is 0.0800. The van der Waals surface area contributed by atoms with E-state index in [1.165, 1.54) is 17.0 Å². The smallest absolute Gasteiger partial charge is 0.270 e. The molecule has 0 fully saturated rings. The topological polar surface area (TPSA) is 84.4 Å². The summed E-state index contributed by atoms with van der Waals surface area (Å²) in [5.41, 5.74) is 4.72. The van der Waals surface area contributed by atoms with Gasteiger partial charge in [0.05, 0.1) is 16.3 Å². The fourth-order valence-corrected chi connectivity index (χ4v) is 5.45. The Morgan fingerprint density at radius 2 is 1.91 bits per heavy atom. The number of hydrogen-bond donors (Lipinski definition) is 1. The largest absolute Gasteiger partial charge is 0.455 e. The van der Waals surface area contributed by atoms with Crippen molar-refractivity contribution in [3.8, 4) is 0 Å². The molecule has 3 aromatic carbocycles. The van der Waals surface area contributed by atoms with Gasteiger partial charge in [-0.15, -0.1) is 11.8 Å². The Balaban J connectivity index is 1.48. The third kappa shape index (κ3) is 3.18. The molecule has 0 radical (unpaired) electrons. The molecule has 1 atom stereocenters. The Kier molecular flexibility index (Phi) is 4.36. The number of fused-ring (bicyclic) bond motifs is 3. The Morgan fingerprint density at radius 3 is 2.81 bits per heavy atom. The van der Waals surface area contributed by atoms with Crippen molar-refractivity contribution in [2.75, 3.05) is 0 Å². The number of H-pyrrole nitrogens is 1. The summed E-state index contributed by atoms with van der Waals surface area (Å²) in [6.45, 7) is 0. The number of aliphatic imine (C=N–C) groups is 1. The highest BCUT2D eigenvalue weighted by molar-refractivity contribution is 7.99. The maximum absolute atomic E-state index is 11.2. The highest BCUT2D eigenvalue weighted by Gasteiger charge is 2.26. The van der Waals surface area contributed by atoms with Crippen LogP contribution in [0, 0.1) is 10.1 Å². The second-order valence-corrected chi connectivity index (χ2v) is 8.96. The highest BCUT2D eigenvalue weighted by atomic mass is 32.2. The van der Waals surface area contributed by atoms with Gasteiger partial charge in [0.25, 0.3) is 5.69 Å². The summed E-state index contributed by atoms with van der Waals surface area (Å²) in [6, 6.07) is 22.9. The van der Waals surface area contributed by atoms with Gasteiger partial charge in [0.2, 0.25) is 0 Å². The van der Waals surface area contributed by atoms with Gasteiger partial charge in [0.1, 0.15) is 11.3 Å². The third-order valence-corrected chi connectivity index (χ3v) is 7.04. The minimum atomic E-state index is -0.394. The molecule has 5 aromatic rings. The van der Waals surface area contributed by atoms with Crippen molar-refractivity contribution in [3.63, 3.8) is 0 Å². The van der Waals surface area contributed by atoms with Crippen LogP contribution < -0.4 is 0 Å². The van der Waals surface area contributed by atoms with Crippen molar-refractivity contribution in [1.29, 1.82) is 0 Å². The first-order chi connectivity index (χ1) is 15.7. The van der Waals surface area contributed by atoms with Crippen LogP contribution in [0.15, 0.2) is 93.3 Å². The van der Waals surface area contributed by atoms with Gasteiger partial charge < -0.3 is 9.40 Å². The molecule has 6 nitrogen and oxygen atoms in total. The van der Waals surface area contributed by atoms with Gasteiger partial charge in [-0.1, -0.05) is 30.3 Å². The molecule has 2 aromatic heterocycles. The lowest BCUT2D eigenvalue weighted by Crippen LogP contribution is -2.04. The summed E-state index contributed by atoms with van der Waals surface area (Å²) < 4.78 is 6.10. The Labute approximate surface area is 187 Å². The minimum Gasteiger partial charge on any atom is -0.455 e. The zero-order valence-corrected chi connectivity index (χ0v) is 17.6. The van der Waals surface area contributed by atoms with Crippen LogP contribution in [0.25, 0.3) is 21.9 Å². The number of hydrogen-bond acceptors (Lipinski definition) is 5. The van der Waals surface area contributed by atoms with Crippen LogP contribution in [0.5, 0.6) is 0 Å². The van der Waals surface area contributed by atoms with Crippen molar-refractivity contribution >= 4 is 50.7 Å². The number of nitrogens with zero attached hydrogens (tertiary/aromatic N) is 2. The summed E-state index contributed by atoms with van der Waals surface area (Å²) in [4.78, 5) is 20.2. The fourth-order valence-electron chi connectivity index (χ4n) is 4.19. The average molecular weight is 439 g/mol. The number of non-ortho nitro benzene ring substituents is 1. The van der Waals surface area contributed by atoms with E-state index in [9.17, 15) is 10.1 Å². The summed E-state index contributed by atoms with van der Waals surface area (Å²) in [5, 5.41) is 13.2. The average Bonchev–Trinajstić information content (AvgIpc) is 3.38.